The molecule has 1 atom stereocenters. The Morgan fingerprint density at radius 3 is 3.00 bits per heavy atom. The second-order valence-electron chi connectivity index (χ2n) is 5.74. The molecule has 5 heteroatoms. The smallest absolute Gasteiger partial charge is 0.271 e. The van der Waals surface area contributed by atoms with Crippen LogP contribution in [0, 0.1) is 5.92 Å². The number of hydrogen-bond donors (Lipinski definition) is 1. The number of likely N-dealkylation sites (tertiary alicyclic amines) is 1. The van der Waals surface area contributed by atoms with Crippen LogP contribution in [-0.2, 0) is 0 Å². The van der Waals surface area contributed by atoms with Crippen LogP contribution in [0.2, 0.25) is 0 Å². The summed E-state index contributed by atoms with van der Waals surface area (Å²) in [5.74, 6) is 0.877. The number of hydrogen-bond acceptors (Lipinski definition) is 4. The molecule has 1 aliphatic heterocycles. The highest BCUT2D eigenvalue weighted by atomic mass is 32.1. The highest BCUT2D eigenvalue weighted by Crippen LogP contribution is 2.26. The first-order valence-electron chi connectivity index (χ1n) is 7.22. The summed E-state index contributed by atoms with van der Waals surface area (Å²) in [6, 6.07) is 0.301. The van der Waals surface area contributed by atoms with Crippen LogP contribution in [0.1, 0.15) is 42.6 Å². The Bertz CT molecular complexity index is 414. The molecule has 2 fully saturated rings. The molecule has 1 aromatic rings. The normalized spacial score (nSPS) is 24.9. The van der Waals surface area contributed by atoms with Gasteiger partial charge in [0.15, 0.2) is 0 Å². The molecule has 1 amide bonds. The van der Waals surface area contributed by atoms with Gasteiger partial charge >= 0.3 is 0 Å². The van der Waals surface area contributed by atoms with Crippen LogP contribution in [0.4, 0.5) is 0 Å². The van der Waals surface area contributed by atoms with E-state index in [4.69, 9.17) is 0 Å². The fraction of sp³-hybridized carbons (Fsp3) is 0.714. The largest absolute Gasteiger partial charge is 0.347 e. The van der Waals surface area contributed by atoms with Gasteiger partial charge in [0.2, 0.25) is 0 Å². The molecule has 1 aliphatic carbocycles. The van der Waals surface area contributed by atoms with Crippen molar-refractivity contribution in [3.05, 3.63) is 16.6 Å². The summed E-state index contributed by atoms with van der Waals surface area (Å²) in [5, 5.41) is 4.91. The lowest BCUT2D eigenvalue weighted by Gasteiger charge is -2.20. The molecule has 0 spiro atoms. The fourth-order valence-electron chi connectivity index (χ4n) is 3.26. The fourth-order valence-corrected chi connectivity index (χ4v) is 3.79. The van der Waals surface area contributed by atoms with Gasteiger partial charge in [0.05, 0.1) is 5.51 Å². The van der Waals surface area contributed by atoms with E-state index in [1.807, 2.05) is 0 Å². The molecule has 104 valence electrons. The zero-order valence-corrected chi connectivity index (χ0v) is 12.0. The van der Waals surface area contributed by atoms with Crippen LogP contribution in [-0.4, -0.2) is 41.5 Å². The number of rotatable bonds is 4. The van der Waals surface area contributed by atoms with Crippen LogP contribution in [0.5, 0.6) is 0 Å². The van der Waals surface area contributed by atoms with E-state index in [9.17, 15) is 4.79 Å². The zero-order chi connectivity index (χ0) is 13.1. The van der Waals surface area contributed by atoms with Crippen molar-refractivity contribution < 1.29 is 4.79 Å². The lowest BCUT2D eigenvalue weighted by Crippen LogP contribution is -2.38. The molecule has 4 nitrogen and oxygen atoms in total. The average Bonchev–Trinajstić information content (AvgIpc) is 3.10. The molecule has 1 saturated carbocycles. The molecular weight excluding hydrogens is 258 g/mol. The van der Waals surface area contributed by atoms with Crippen LogP contribution in [0.3, 0.4) is 0 Å². The summed E-state index contributed by atoms with van der Waals surface area (Å²) < 4.78 is 0. The van der Waals surface area contributed by atoms with Crippen molar-refractivity contribution in [2.24, 2.45) is 5.92 Å². The average molecular weight is 279 g/mol. The highest BCUT2D eigenvalue weighted by Gasteiger charge is 2.27. The summed E-state index contributed by atoms with van der Waals surface area (Å²) >= 11 is 1.47. The molecule has 0 bridgehead atoms. The number of thiazole rings is 1. The third-order valence-electron chi connectivity index (χ3n) is 4.26. The number of aromatic nitrogens is 1. The molecule has 0 radical (unpaired) electrons. The molecular formula is C14H21N3OS. The Morgan fingerprint density at radius 2 is 2.26 bits per heavy atom. The minimum absolute atomic E-state index is 0.0195. The molecule has 2 heterocycles. The second kappa shape index (κ2) is 6.01. The molecule has 3 rings (SSSR count). The van der Waals surface area contributed by atoms with Gasteiger partial charge < -0.3 is 10.2 Å². The Kier molecular flexibility index (Phi) is 4.13. The molecule has 0 aromatic carbocycles. The number of carbonyl (C=O) groups excluding carboxylic acids is 1. The van der Waals surface area contributed by atoms with Crippen molar-refractivity contribution in [2.45, 2.75) is 38.1 Å². The van der Waals surface area contributed by atoms with Gasteiger partial charge in [-0.25, -0.2) is 4.98 Å². The van der Waals surface area contributed by atoms with Crippen LogP contribution >= 0.6 is 11.3 Å². The standard InChI is InChI=1S/C14H21N3OS/c18-14(13-9-19-10-15-13)16-12-5-6-17(8-12)7-11-3-1-2-4-11/h9-12H,1-8H2,(H,16,18). The maximum atomic E-state index is 11.9. The Balaban J connectivity index is 1.45. The van der Waals surface area contributed by atoms with Gasteiger partial charge in [-0.3, -0.25) is 4.79 Å². The van der Waals surface area contributed by atoms with E-state index < -0.39 is 0 Å². The van der Waals surface area contributed by atoms with E-state index in [2.05, 4.69) is 15.2 Å². The maximum Gasteiger partial charge on any atom is 0.271 e. The topological polar surface area (TPSA) is 45.2 Å². The summed E-state index contributed by atoms with van der Waals surface area (Å²) in [6.45, 7) is 3.36. The van der Waals surface area contributed by atoms with Crippen LogP contribution in [0.25, 0.3) is 0 Å². The monoisotopic (exact) mass is 279 g/mol. The third kappa shape index (κ3) is 3.34. The minimum atomic E-state index is -0.0195. The Morgan fingerprint density at radius 1 is 1.42 bits per heavy atom. The van der Waals surface area contributed by atoms with E-state index >= 15 is 0 Å². The van der Waals surface area contributed by atoms with Gasteiger partial charge in [-0.1, -0.05) is 12.8 Å². The van der Waals surface area contributed by atoms with E-state index in [0.717, 1.165) is 25.4 Å². The van der Waals surface area contributed by atoms with Crippen LogP contribution in [0.15, 0.2) is 10.9 Å². The number of nitrogens with one attached hydrogen (secondary N) is 1. The maximum absolute atomic E-state index is 11.9. The van der Waals surface area contributed by atoms with Gasteiger partial charge in [0.25, 0.3) is 5.91 Å². The van der Waals surface area contributed by atoms with Gasteiger partial charge in [0.1, 0.15) is 5.69 Å². The number of amides is 1. The van der Waals surface area contributed by atoms with E-state index in [1.54, 1.807) is 10.9 Å². The predicted molar refractivity (Wildman–Crippen MR) is 76.4 cm³/mol. The van der Waals surface area contributed by atoms with Gasteiger partial charge in [-0.2, -0.15) is 0 Å². The Hall–Kier alpha value is -0.940. The summed E-state index contributed by atoms with van der Waals surface area (Å²) in [4.78, 5) is 18.5. The molecule has 1 unspecified atom stereocenters. The molecule has 19 heavy (non-hydrogen) atoms. The van der Waals surface area contributed by atoms with Crippen molar-refractivity contribution in [3.63, 3.8) is 0 Å². The summed E-state index contributed by atoms with van der Waals surface area (Å²) in [6.07, 6.45) is 6.67. The Labute approximate surface area is 118 Å². The van der Waals surface area contributed by atoms with Crippen molar-refractivity contribution in [3.8, 4) is 0 Å². The molecule has 1 aromatic heterocycles. The summed E-state index contributed by atoms with van der Waals surface area (Å²) in [7, 11) is 0. The van der Waals surface area contributed by atoms with Crippen LogP contribution < -0.4 is 5.32 Å². The third-order valence-corrected chi connectivity index (χ3v) is 4.85. The first-order valence-corrected chi connectivity index (χ1v) is 8.17. The van der Waals surface area contributed by atoms with Crippen molar-refractivity contribution in [2.75, 3.05) is 19.6 Å². The molecule has 1 saturated heterocycles. The first kappa shape index (κ1) is 13.1. The van der Waals surface area contributed by atoms with E-state index in [0.29, 0.717) is 11.7 Å². The second-order valence-corrected chi connectivity index (χ2v) is 6.46. The minimum Gasteiger partial charge on any atom is -0.347 e. The van der Waals surface area contributed by atoms with Crippen molar-refractivity contribution >= 4 is 17.2 Å². The van der Waals surface area contributed by atoms with Gasteiger partial charge in [-0.05, 0) is 25.2 Å². The van der Waals surface area contributed by atoms with E-state index in [1.165, 1.54) is 43.6 Å². The predicted octanol–water partition coefficient (Wildman–Crippen LogP) is 2.14. The van der Waals surface area contributed by atoms with Crippen molar-refractivity contribution in [1.82, 2.24) is 15.2 Å². The quantitative estimate of drug-likeness (QED) is 0.918. The highest BCUT2D eigenvalue weighted by molar-refractivity contribution is 7.07. The molecule has 1 N–H and O–H groups in total. The summed E-state index contributed by atoms with van der Waals surface area (Å²) in [5.41, 5.74) is 2.26. The number of carbonyl (C=O) groups is 1. The SMILES string of the molecule is O=C(NC1CCN(CC2CCCC2)C1)c1cscn1. The van der Waals surface area contributed by atoms with E-state index in [-0.39, 0.29) is 5.91 Å². The van der Waals surface area contributed by atoms with Gasteiger partial charge in [0, 0.05) is 31.1 Å². The lowest BCUT2D eigenvalue weighted by molar-refractivity contribution is 0.0933. The first-order chi connectivity index (χ1) is 9.31. The van der Waals surface area contributed by atoms with Gasteiger partial charge in [-0.15, -0.1) is 11.3 Å². The number of nitrogens with zero attached hydrogens (tertiary/aromatic N) is 2. The molecule has 2 aliphatic rings. The lowest BCUT2D eigenvalue weighted by atomic mass is 10.1. The van der Waals surface area contributed by atoms with Crippen molar-refractivity contribution in [1.29, 1.82) is 0 Å². The zero-order valence-electron chi connectivity index (χ0n) is 11.2.